The van der Waals surface area contributed by atoms with Crippen molar-refractivity contribution >= 4 is 11.8 Å². The summed E-state index contributed by atoms with van der Waals surface area (Å²) in [6.07, 6.45) is -15.2. The Labute approximate surface area is 144 Å². The van der Waals surface area contributed by atoms with E-state index in [1.807, 2.05) is 0 Å². The normalized spacial score (nSPS) is 16.1. The lowest BCUT2D eigenvalue weighted by atomic mass is 10.1. The largest absolute Gasteiger partial charge is 0.460 e. The number of hydrogen-bond donors (Lipinski definition) is 0. The van der Waals surface area contributed by atoms with Crippen LogP contribution in [0.4, 0.5) is 79.0 Å². The Morgan fingerprint density at radius 3 is 0.643 bits per heavy atom. The molecule has 0 radical (unpaired) electrons. The van der Waals surface area contributed by atoms with Crippen molar-refractivity contribution in [1.29, 1.82) is 0 Å². The molecule has 0 bridgehead atoms. The van der Waals surface area contributed by atoms with Gasteiger partial charge in [0.25, 0.3) is 0 Å². The summed E-state index contributed by atoms with van der Waals surface area (Å²) in [5, 5.41) is -15.2. The number of thioether (sulfide) groups is 1. The van der Waals surface area contributed by atoms with Gasteiger partial charge in [-0.1, -0.05) is 0 Å². The van der Waals surface area contributed by atoms with Gasteiger partial charge in [-0.15, -0.1) is 0 Å². The van der Waals surface area contributed by atoms with Crippen molar-refractivity contribution in [3.63, 3.8) is 0 Å². The quantitative estimate of drug-likeness (QED) is 0.439. The highest BCUT2D eigenvalue weighted by Crippen LogP contribution is 2.64. The molecule has 0 saturated carbocycles. The van der Waals surface area contributed by atoms with Gasteiger partial charge in [0.05, 0.1) is 0 Å². The fourth-order valence-corrected chi connectivity index (χ4v) is 1.85. The first kappa shape index (κ1) is 29.3. The second kappa shape index (κ2) is 7.08. The van der Waals surface area contributed by atoms with Crippen molar-refractivity contribution in [2.75, 3.05) is 0 Å². The second-order valence-electron chi connectivity index (χ2n) is 4.43. The molecule has 20 heteroatoms. The first-order chi connectivity index (χ1) is 11.2. The summed E-state index contributed by atoms with van der Waals surface area (Å²) in [6.45, 7) is 0. The van der Waals surface area contributed by atoms with Gasteiger partial charge in [0.15, 0.2) is 0 Å². The zero-order chi connectivity index (χ0) is 22.7. The molecule has 2 N–H and O–H groups in total. The van der Waals surface area contributed by atoms with Gasteiger partial charge in [0.1, 0.15) is 0 Å². The van der Waals surface area contributed by atoms with E-state index in [1.54, 1.807) is 0 Å². The van der Waals surface area contributed by atoms with Gasteiger partial charge < -0.3 is 5.48 Å². The molecule has 0 fully saturated rings. The number of hydrogen-bond acceptors (Lipinski definition) is 1. The highest BCUT2D eigenvalue weighted by Gasteiger charge is 2.87. The van der Waals surface area contributed by atoms with E-state index >= 15 is 0 Å². The maximum atomic E-state index is 12.8. The Bertz CT molecular complexity index is 495. The van der Waals surface area contributed by atoms with Gasteiger partial charge >= 0.3 is 46.6 Å². The molecule has 0 atom stereocenters. The van der Waals surface area contributed by atoms with E-state index in [-0.39, 0.29) is 5.48 Å². The van der Waals surface area contributed by atoms with Crippen molar-refractivity contribution in [2.45, 2.75) is 46.6 Å². The van der Waals surface area contributed by atoms with Crippen LogP contribution in [0, 0.1) is 0 Å². The van der Waals surface area contributed by atoms with Crippen LogP contribution in [0.3, 0.4) is 0 Å². The van der Waals surface area contributed by atoms with Gasteiger partial charge in [-0.3, -0.25) is 0 Å². The van der Waals surface area contributed by atoms with Crippen molar-refractivity contribution in [3.8, 4) is 0 Å². The topological polar surface area (TPSA) is 31.5 Å². The minimum atomic E-state index is -7.96. The molecule has 0 aromatic rings. The van der Waals surface area contributed by atoms with E-state index in [4.69, 9.17) is 0 Å². The van der Waals surface area contributed by atoms with Crippen molar-refractivity contribution in [3.05, 3.63) is 0 Å². The maximum Gasteiger partial charge on any atom is 0.460 e. The molecule has 0 unspecified atom stereocenters. The molecule has 0 saturated heterocycles. The van der Waals surface area contributed by atoms with Crippen LogP contribution in [0.15, 0.2) is 0 Å². The standard InChI is InChI=1S/C8F18S.H2O/c9-1(10,5(17,18)19)3(13,14)7(23,24)27-8(25,26)4(15,16)2(11,12)6(20,21)22;/h;1H2. The van der Waals surface area contributed by atoms with Crippen LogP contribution in [-0.2, 0) is 0 Å². The van der Waals surface area contributed by atoms with Crippen LogP contribution in [0.2, 0.25) is 0 Å². The van der Waals surface area contributed by atoms with Crippen LogP contribution in [-0.4, -0.2) is 52.0 Å². The third kappa shape index (κ3) is 4.16. The summed E-state index contributed by atoms with van der Waals surface area (Å²) in [6, 6.07) is 0. The van der Waals surface area contributed by atoms with Gasteiger partial charge in [0.2, 0.25) is 0 Å². The SMILES string of the molecule is FC(F)(F)C(F)(F)C(F)(F)C(F)(F)SC(F)(F)C(F)(F)C(F)(F)C(F)(F)F.O. The van der Waals surface area contributed by atoms with Gasteiger partial charge in [-0.2, -0.15) is 79.0 Å². The molecule has 0 aromatic heterocycles. The van der Waals surface area contributed by atoms with Crippen LogP contribution >= 0.6 is 11.8 Å². The average molecular weight is 488 g/mol. The second-order valence-corrected chi connectivity index (χ2v) is 5.66. The zero-order valence-corrected chi connectivity index (χ0v) is 12.5. The Morgan fingerprint density at radius 1 is 0.321 bits per heavy atom. The van der Waals surface area contributed by atoms with Gasteiger partial charge in [-0.25, -0.2) is 0 Å². The summed E-state index contributed by atoms with van der Waals surface area (Å²) in [7, 11) is 0. The molecule has 0 spiro atoms. The summed E-state index contributed by atoms with van der Waals surface area (Å²) < 4.78 is 222. The molecule has 0 heterocycles. The first-order valence-electron chi connectivity index (χ1n) is 5.31. The molecular weight excluding hydrogens is 486 g/mol. The van der Waals surface area contributed by atoms with E-state index < -0.39 is 58.3 Å². The third-order valence-corrected chi connectivity index (χ3v) is 3.51. The lowest BCUT2D eigenvalue weighted by Gasteiger charge is -2.37. The summed E-state index contributed by atoms with van der Waals surface area (Å²) in [4.78, 5) is 0. The fourth-order valence-electron chi connectivity index (χ4n) is 1.01. The van der Waals surface area contributed by atoms with Crippen LogP contribution in [0.5, 0.6) is 0 Å². The van der Waals surface area contributed by atoms with Crippen molar-refractivity contribution in [2.24, 2.45) is 0 Å². The Balaban J connectivity index is 0. The molecular formula is C8H2F18OS. The van der Waals surface area contributed by atoms with Crippen molar-refractivity contribution < 1.29 is 84.5 Å². The lowest BCUT2D eigenvalue weighted by molar-refractivity contribution is -0.387. The van der Waals surface area contributed by atoms with E-state index in [0.717, 1.165) is 0 Å². The summed E-state index contributed by atoms with van der Waals surface area (Å²) >= 11 is -3.92. The molecule has 172 valence electrons. The van der Waals surface area contributed by atoms with Crippen LogP contribution < -0.4 is 0 Å². The molecule has 0 aliphatic heterocycles. The minimum absolute atomic E-state index is 0. The Morgan fingerprint density at radius 2 is 0.500 bits per heavy atom. The van der Waals surface area contributed by atoms with E-state index in [9.17, 15) is 79.0 Å². The molecule has 1 nitrogen and oxygen atoms in total. The minimum Gasteiger partial charge on any atom is -0.412 e. The van der Waals surface area contributed by atoms with Gasteiger partial charge in [-0.05, 0) is 11.8 Å². The average Bonchev–Trinajstić information content (AvgIpc) is 2.33. The highest BCUT2D eigenvalue weighted by atomic mass is 32.2. The number of halogens is 18. The predicted octanol–water partition coefficient (Wildman–Crippen LogP) is 5.75. The monoisotopic (exact) mass is 488 g/mol. The molecule has 0 aliphatic carbocycles. The van der Waals surface area contributed by atoms with E-state index in [1.165, 1.54) is 0 Å². The smallest absolute Gasteiger partial charge is 0.412 e. The van der Waals surface area contributed by atoms with Crippen molar-refractivity contribution in [1.82, 2.24) is 0 Å². The van der Waals surface area contributed by atoms with E-state index in [2.05, 4.69) is 0 Å². The lowest BCUT2D eigenvalue weighted by Crippen LogP contribution is -2.63. The summed E-state index contributed by atoms with van der Waals surface area (Å²) in [5.74, 6) is -31.7. The molecule has 0 aromatic carbocycles. The van der Waals surface area contributed by atoms with Gasteiger partial charge in [0, 0.05) is 0 Å². The first-order valence-corrected chi connectivity index (χ1v) is 6.13. The molecule has 0 aliphatic rings. The highest BCUT2D eigenvalue weighted by molar-refractivity contribution is 8.01. The molecule has 28 heavy (non-hydrogen) atoms. The maximum absolute atomic E-state index is 12.8. The molecule has 0 rings (SSSR count). The predicted molar refractivity (Wildman–Crippen MR) is 53.0 cm³/mol. The van der Waals surface area contributed by atoms with Crippen LogP contribution in [0.25, 0.3) is 0 Å². The summed E-state index contributed by atoms with van der Waals surface area (Å²) in [5.41, 5.74) is 0. The third-order valence-electron chi connectivity index (χ3n) is 2.49. The Kier molecular flexibility index (Phi) is 7.40. The Hall–Kier alpha value is -0.950. The molecule has 0 amide bonds. The number of rotatable bonds is 6. The number of alkyl halides is 18. The van der Waals surface area contributed by atoms with E-state index in [0.29, 0.717) is 0 Å². The van der Waals surface area contributed by atoms with Crippen LogP contribution in [0.1, 0.15) is 0 Å². The fraction of sp³-hybridized carbons (Fsp3) is 1.00. The zero-order valence-electron chi connectivity index (χ0n) is 11.7.